The van der Waals surface area contributed by atoms with Crippen molar-refractivity contribution in [2.45, 2.75) is 6.92 Å². The predicted octanol–water partition coefficient (Wildman–Crippen LogP) is 3.35. The van der Waals surface area contributed by atoms with Gasteiger partial charge in [-0.3, -0.25) is 0 Å². The van der Waals surface area contributed by atoms with Crippen LogP contribution in [0.25, 0.3) is 10.4 Å². The molecule has 0 bridgehead atoms. The van der Waals surface area contributed by atoms with Gasteiger partial charge in [0, 0.05) is 5.69 Å². The molecule has 4 heteroatoms. The molecular weight excluding hydrogens is 216 g/mol. The Balaban J connectivity index is 2.49. The average Bonchev–Trinajstić information content (AvgIpc) is 2.47. The Kier molecular flexibility index (Phi) is 2.44. The van der Waals surface area contributed by atoms with Crippen molar-refractivity contribution in [2.75, 3.05) is 5.73 Å². The molecule has 72 valence electrons. The third-order valence-corrected chi connectivity index (χ3v) is 3.25. The summed E-state index contributed by atoms with van der Waals surface area (Å²) in [5.41, 5.74) is 8.45. The SMILES string of the molecule is Cc1nc(Cl)sc1-c1ccc(N)cc1. The highest BCUT2D eigenvalue weighted by Gasteiger charge is 2.07. The van der Waals surface area contributed by atoms with Crippen molar-refractivity contribution in [1.82, 2.24) is 4.98 Å². The van der Waals surface area contributed by atoms with E-state index in [0.29, 0.717) is 4.47 Å². The quantitative estimate of drug-likeness (QED) is 0.755. The van der Waals surface area contributed by atoms with Crippen LogP contribution in [0, 0.1) is 6.92 Å². The highest BCUT2D eigenvalue weighted by molar-refractivity contribution is 7.19. The van der Waals surface area contributed by atoms with Gasteiger partial charge in [0.25, 0.3) is 0 Å². The summed E-state index contributed by atoms with van der Waals surface area (Å²) in [6, 6.07) is 7.71. The van der Waals surface area contributed by atoms with E-state index in [1.807, 2.05) is 31.2 Å². The maximum absolute atomic E-state index is 5.83. The van der Waals surface area contributed by atoms with Crippen molar-refractivity contribution >= 4 is 28.6 Å². The number of halogens is 1. The van der Waals surface area contributed by atoms with Crippen molar-refractivity contribution in [2.24, 2.45) is 0 Å². The second-order valence-corrected chi connectivity index (χ2v) is 4.58. The van der Waals surface area contributed by atoms with Crippen molar-refractivity contribution in [3.63, 3.8) is 0 Å². The number of aromatic nitrogens is 1. The van der Waals surface area contributed by atoms with Gasteiger partial charge < -0.3 is 5.73 Å². The van der Waals surface area contributed by atoms with Crippen LogP contribution in [0.15, 0.2) is 24.3 Å². The van der Waals surface area contributed by atoms with Gasteiger partial charge in [-0.25, -0.2) is 4.98 Å². The molecule has 14 heavy (non-hydrogen) atoms. The van der Waals surface area contributed by atoms with Crippen LogP contribution in [0.2, 0.25) is 4.47 Å². The molecule has 2 rings (SSSR count). The normalized spacial score (nSPS) is 10.4. The fourth-order valence-electron chi connectivity index (χ4n) is 1.27. The van der Waals surface area contributed by atoms with Gasteiger partial charge in [0.2, 0.25) is 0 Å². The number of aryl methyl sites for hydroxylation is 1. The Morgan fingerprint density at radius 2 is 1.93 bits per heavy atom. The molecule has 2 nitrogen and oxygen atoms in total. The molecule has 2 aromatic rings. The van der Waals surface area contributed by atoms with Crippen LogP contribution in [0.3, 0.4) is 0 Å². The number of rotatable bonds is 1. The molecule has 1 heterocycles. The van der Waals surface area contributed by atoms with Crippen LogP contribution in [0.5, 0.6) is 0 Å². The summed E-state index contributed by atoms with van der Waals surface area (Å²) >= 11 is 7.32. The van der Waals surface area contributed by atoms with E-state index in [1.165, 1.54) is 11.3 Å². The molecule has 0 fully saturated rings. The van der Waals surface area contributed by atoms with E-state index >= 15 is 0 Å². The van der Waals surface area contributed by atoms with Gasteiger partial charge in [0.1, 0.15) is 0 Å². The highest BCUT2D eigenvalue weighted by atomic mass is 35.5. The molecule has 0 aliphatic carbocycles. The van der Waals surface area contributed by atoms with Gasteiger partial charge in [0.15, 0.2) is 4.47 Å². The zero-order valence-electron chi connectivity index (χ0n) is 7.62. The third-order valence-electron chi connectivity index (χ3n) is 1.94. The van der Waals surface area contributed by atoms with E-state index in [-0.39, 0.29) is 0 Å². The lowest BCUT2D eigenvalue weighted by atomic mass is 10.1. The summed E-state index contributed by atoms with van der Waals surface area (Å²) in [5.74, 6) is 0. The summed E-state index contributed by atoms with van der Waals surface area (Å²) in [6.45, 7) is 1.95. The first-order valence-electron chi connectivity index (χ1n) is 4.15. The first-order chi connectivity index (χ1) is 6.66. The Morgan fingerprint density at radius 3 is 2.43 bits per heavy atom. The molecule has 0 unspecified atom stereocenters. The van der Waals surface area contributed by atoms with Gasteiger partial charge in [-0.15, -0.1) is 11.3 Å². The number of anilines is 1. The van der Waals surface area contributed by atoms with Gasteiger partial charge >= 0.3 is 0 Å². The van der Waals surface area contributed by atoms with Crippen LogP contribution in [0.4, 0.5) is 5.69 Å². The van der Waals surface area contributed by atoms with E-state index in [9.17, 15) is 0 Å². The topological polar surface area (TPSA) is 38.9 Å². The van der Waals surface area contributed by atoms with Crippen LogP contribution in [-0.2, 0) is 0 Å². The molecular formula is C10H9ClN2S. The maximum atomic E-state index is 5.83. The van der Waals surface area contributed by atoms with E-state index in [0.717, 1.165) is 21.8 Å². The summed E-state index contributed by atoms with van der Waals surface area (Å²) < 4.78 is 0.578. The minimum absolute atomic E-state index is 0.578. The number of nitrogens with two attached hydrogens (primary N) is 1. The lowest BCUT2D eigenvalue weighted by molar-refractivity contribution is 1.27. The van der Waals surface area contributed by atoms with Crippen LogP contribution in [-0.4, -0.2) is 4.98 Å². The Labute approximate surface area is 91.4 Å². The van der Waals surface area contributed by atoms with E-state index in [1.54, 1.807) is 0 Å². The summed E-state index contributed by atoms with van der Waals surface area (Å²) in [5, 5.41) is 0. The molecule has 0 saturated carbocycles. The molecule has 0 saturated heterocycles. The van der Waals surface area contributed by atoms with Crippen molar-refractivity contribution in [1.29, 1.82) is 0 Å². The molecule has 1 aromatic carbocycles. The number of thiazole rings is 1. The van der Waals surface area contributed by atoms with Gasteiger partial charge in [-0.1, -0.05) is 23.7 Å². The second kappa shape index (κ2) is 3.59. The summed E-state index contributed by atoms with van der Waals surface area (Å²) in [4.78, 5) is 5.27. The molecule has 0 atom stereocenters. The zero-order valence-corrected chi connectivity index (χ0v) is 9.19. The molecule has 0 spiro atoms. The summed E-state index contributed by atoms with van der Waals surface area (Å²) in [7, 11) is 0. The number of nitrogen functional groups attached to an aromatic ring is 1. The predicted molar refractivity (Wildman–Crippen MR) is 61.7 cm³/mol. The molecule has 0 aliphatic rings. The highest BCUT2D eigenvalue weighted by Crippen LogP contribution is 2.32. The number of benzene rings is 1. The lowest BCUT2D eigenvalue weighted by Crippen LogP contribution is -1.83. The monoisotopic (exact) mass is 224 g/mol. The van der Waals surface area contributed by atoms with Crippen molar-refractivity contribution < 1.29 is 0 Å². The van der Waals surface area contributed by atoms with Gasteiger partial charge in [-0.05, 0) is 24.6 Å². The standard InChI is InChI=1S/C10H9ClN2S/c1-6-9(14-10(11)13-6)7-2-4-8(12)5-3-7/h2-5H,12H2,1H3. The fourth-order valence-corrected chi connectivity index (χ4v) is 2.42. The van der Waals surface area contributed by atoms with Crippen LogP contribution in [0.1, 0.15) is 5.69 Å². The van der Waals surface area contributed by atoms with Crippen LogP contribution >= 0.6 is 22.9 Å². The molecule has 0 radical (unpaired) electrons. The molecule has 2 N–H and O–H groups in total. The minimum atomic E-state index is 0.578. The Hall–Kier alpha value is -1.06. The van der Waals surface area contributed by atoms with Gasteiger partial charge in [0.05, 0.1) is 10.6 Å². The Bertz CT molecular complexity index is 448. The van der Waals surface area contributed by atoms with E-state index in [4.69, 9.17) is 17.3 Å². The molecule has 1 aromatic heterocycles. The third kappa shape index (κ3) is 1.74. The average molecular weight is 225 g/mol. The second-order valence-electron chi connectivity index (χ2n) is 3.00. The molecule has 0 aliphatic heterocycles. The van der Waals surface area contributed by atoms with Crippen LogP contribution < -0.4 is 5.73 Å². The summed E-state index contributed by atoms with van der Waals surface area (Å²) in [6.07, 6.45) is 0. The first kappa shape index (κ1) is 9.49. The van der Waals surface area contributed by atoms with Crippen molar-refractivity contribution in [3.8, 4) is 10.4 Å². The lowest BCUT2D eigenvalue weighted by Gasteiger charge is -1.98. The Morgan fingerprint density at radius 1 is 1.29 bits per heavy atom. The van der Waals surface area contributed by atoms with Gasteiger partial charge in [-0.2, -0.15) is 0 Å². The largest absolute Gasteiger partial charge is 0.399 e. The number of nitrogens with zero attached hydrogens (tertiary/aromatic N) is 1. The number of hydrogen-bond acceptors (Lipinski definition) is 3. The minimum Gasteiger partial charge on any atom is -0.399 e. The van der Waals surface area contributed by atoms with E-state index in [2.05, 4.69) is 4.98 Å². The number of hydrogen-bond donors (Lipinski definition) is 1. The first-order valence-corrected chi connectivity index (χ1v) is 5.35. The van der Waals surface area contributed by atoms with Crippen molar-refractivity contribution in [3.05, 3.63) is 34.4 Å². The smallest absolute Gasteiger partial charge is 0.184 e. The van der Waals surface area contributed by atoms with E-state index < -0.39 is 0 Å². The fraction of sp³-hybridized carbons (Fsp3) is 0.100. The zero-order chi connectivity index (χ0) is 10.1. The molecule has 0 amide bonds. The maximum Gasteiger partial charge on any atom is 0.184 e.